The van der Waals surface area contributed by atoms with Gasteiger partial charge in [-0.25, -0.2) is 4.68 Å². The predicted molar refractivity (Wildman–Crippen MR) is 202 cm³/mol. The van der Waals surface area contributed by atoms with Crippen molar-refractivity contribution in [1.82, 2.24) is 9.78 Å². The molecule has 23 heteroatoms. The molecule has 0 bridgehead atoms. The summed E-state index contributed by atoms with van der Waals surface area (Å²) in [6.07, 6.45) is -8.43. The summed E-state index contributed by atoms with van der Waals surface area (Å²) < 4.78 is 75.5. The highest BCUT2D eigenvalue weighted by molar-refractivity contribution is 6.70. The van der Waals surface area contributed by atoms with Gasteiger partial charge in [0.15, 0.2) is 0 Å². The van der Waals surface area contributed by atoms with E-state index in [2.05, 4.69) is 15.6 Å². The Bertz CT molecular complexity index is 2020. The van der Waals surface area contributed by atoms with Crippen molar-refractivity contribution in [2.24, 2.45) is 10.5 Å². The molecule has 3 N–H and O–H groups in total. The molecule has 0 radical (unpaired) electrons. The highest BCUT2D eigenvalue weighted by Crippen LogP contribution is 2.66. The lowest BCUT2D eigenvalue weighted by Crippen LogP contribution is -2.14. The summed E-state index contributed by atoms with van der Waals surface area (Å²) >= 11 is 53.8. The maximum absolute atomic E-state index is 12.9. The Kier molecular flexibility index (Phi) is 15.0. The second-order valence-electron chi connectivity index (χ2n) is 11.7. The number of aromatic nitrogens is 2. The molecule has 8 nitrogen and oxygen atoms in total. The maximum Gasteiger partial charge on any atom is 0.416 e. The molecule has 2 aliphatic rings. The lowest BCUT2D eigenvalue weighted by atomic mass is 10.0. The van der Waals surface area contributed by atoms with Gasteiger partial charge < -0.3 is 5.73 Å². The van der Waals surface area contributed by atoms with Crippen LogP contribution < -0.4 is 11.2 Å². The molecule has 3 aromatic rings. The molecule has 0 spiro atoms. The fourth-order valence-corrected chi connectivity index (χ4v) is 7.43. The summed E-state index contributed by atoms with van der Waals surface area (Å²) in [5, 5.41) is 31.7. The normalized spacial score (nSPS) is 20.7. The highest BCUT2D eigenvalue weighted by Gasteiger charge is 2.67. The molecule has 1 heterocycles. The molecule has 2 unspecified atom stereocenters. The molecule has 0 amide bonds. The Morgan fingerprint density at radius 1 is 0.852 bits per heavy atom. The number of hydrazone groups is 1. The smallest absolute Gasteiger partial charge is 0.382 e. The van der Waals surface area contributed by atoms with Crippen molar-refractivity contribution in [2.45, 2.75) is 67.0 Å². The van der Waals surface area contributed by atoms with E-state index in [0.29, 0.717) is 25.0 Å². The van der Waals surface area contributed by atoms with Crippen LogP contribution in [-0.2, 0) is 17.8 Å². The van der Waals surface area contributed by atoms with Crippen molar-refractivity contribution in [1.29, 1.82) is 15.8 Å². The molecule has 2 aliphatic carbocycles. The van der Waals surface area contributed by atoms with E-state index in [1.165, 1.54) is 0 Å². The van der Waals surface area contributed by atoms with Gasteiger partial charge in [0.2, 0.25) is 0 Å². The van der Waals surface area contributed by atoms with Gasteiger partial charge in [-0.3, -0.25) is 5.43 Å². The summed E-state index contributed by atoms with van der Waals surface area (Å²) in [6.45, 7) is 3.41. The van der Waals surface area contributed by atoms with Gasteiger partial charge in [-0.2, -0.15) is 52.3 Å². The van der Waals surface area contributed by atoms with E-state index in [1.54, 1.807) is 26.0 Å². The SMILES string of the molecule is C.CC1(/C(Cl)=N/Nc2c(Cl)cc(C(F)(F)F)cc2Cl)CC1(Cl)Cl.CC1(c2nn(-c3c(Cl)cc(C(F)(F)F)cc3Cl)c(N)c2C#N)CC1(Cl)Cl.N#CCC#N. The van der Waals surface area contributed by atoms with Crippen molar-refractivity contribution in [3.8, 4) is 23.9 Å². The van der Waals surface area contributed by atoms with Crippen LogP contribution in [0.2, 0.25) is 20.1 Å². The molecule has 5 rings (SSSR count). The number of hydrogen-bond acceptors (Lipinski definition) is 7. The third kappa shape index (κ3) is 9.92. The van der Waals surface area contributed by atoms with E-state index in [9.17, 15) is 31.6 Å². The highest BCUT2D eigenvalue weighted by atomic mass is 35.5. The minimum atomic E-state index is -4.62. The van der Waals surface area contributed by atoms with Gasteiger partial charge in [0.05, 0.1) is 60.2 Å². The van der Waals surface area contributed by atoms with Crippen LogP contribution in [0, 0.1) is 39.4 Å². The summed E-state index contributed by atoms with van der Waals surface area (Å²) in [6, 6.07) is 8.14. The number of alkyl halides is 10. The van der Waals surface area contributed by atoms with Gasteiger partial charge in [0, 0.05) is 5.41 Å². The quantitative estimate of drug-likeness (QED) is 0.113. The standard InChI is InChI=1S/C15H9Cl4F3N4.C12H8Cl5F3N2.C3H2N2.CH4/c1-13(5-14(13,18)19)11-7(4-23)12(24)26(25-11)10-8(16)2-6(3-9(10)17)15(20,21)22;1-10(4-11(10,16)17)9(15)22-21-8-6(13)2-5(3-7(8)14)12(18,19)20;4-2-1-3-5;/h2-3H,5,24H2,1H3;2-3,21H,4H2,1H3;1H2;1H4/b;22-9-;;. The molecule has 0 aliphatic heterocycles. The molecular formula is C31H23Cl9F6N8. The van der Waals surface area contributed by atoms with Crippen LogP contribution in [0.3, 0.4) is 0 Å². The summed E-state index contributed by atoms with van der Waals surface area (Å²) in [5.74, 6) is -0.122. The van der Waals surface area contributed by atoms with Crippen molar-refractivity contribution in [3.05, 3.63) is 66.7 Å². The van der Waals surface area contributed by atoms with Gasteiger partial charge in [-0.1, -0.05) is 79.3 Å². The third-order valence-electron chi connectivity index (χ3n) is 7.88. The van der Waals surface area contributed by atoms with Gasteiger partial charge >= 0.3 is 12.4 Å². The zero-order valence-corrected chi connectivity index (χ0v) is 33.2. The molecule has 54 heavy (non-hydrogen) atoms. The molecule has 0 saturated heterocycles. The van der Waals surface area contributed by atoms with Crippen LogP contribution in [0.15, 0.2) is 29.4 Å². The minimum Gasteiger partial charge on any atom is -0.382 e. The summed E-state index contributed by atoms with van der Waals surface area (Å²) in [7, 11) is 0. The van der Waals surface area contributed by atoms with Crippen molar-refractivity contribution < 1.29 is 26.3 Å². The average Bonchev–Trinajstić information content (AvgIpc) is 3.68. The first kappa shape index (κ1) is 47.7. The first-order valence-electron chi connectivity index (χ1n) is 14.0. The van der Waals surface area contributed by atoms with Crippen LogP contribution in [0.5, 0.6) is 0 Å². The second-order valence-corrected chi connectivity index (χ2v) is 16.6. The van der Waals surface area contributed by atoms with Crippen molar-refractivity contribution in [3.63, 3.8) is 0 Å². The first-order chi connectivity index (χ1) is 24.1. The van der Waals surface area contributed by atoms with E-state index in [0.717, 1.165) is 16.8 Å². The molecule has 2 aromatic carbocycles. The molecule has 2 atom stereocenters. The van der Waals surface area contributed by atoms with Crippen LogP contribution in [0.1, 0.15) is 62.9 Å². The Morgan fingerprint density at radius 3 is 1.57 bits per heavy atom. The van der Waals surface area contributed by atoms with E-state index >= 15 is 0 Å². The fourth-order valence-electron chi connectivity index (χ4n) is 4.42. The number of rotatable bonds is 5. The summed E-state index contributed by atoms with van der Waals surface area (Å²) in [4.78, 5) is 0. The second kappa shape index (κ2) is 17.0. The predicted octanol–water partition coefficient (Wildman–Crippen LogP) is 13.1. The monoisotopic (exact) mass is 936 g/mol. The topological polar surface area (TPSA) is 140 Å². The van der Waals surface area contributed by atoms with Crippen LogP contribution in [-0.4, -0.2) is 23.6 Å². The maximum atomic E-state index is 12.9. The van der Waals surface area contributed by atoms with E-state index in [1.807, 2.05) is 6.07 Å². The van der Waals surface area contributed by atoms with Gasteiger partial charge in [-0.05, 0) is 37.1 Å². The minimum absolute atomic E-state index is 0. The van der Waals surface area contributed by atoms with E-state index in [-0.39, 0.29) is 67.6 Å². The third-order valence-corrected chi connectivity index (χ3v) is 11.8. The van der Waals surface area contributed by atoms with Crippen LogP contribution >= 0.6 is 104 Å². The van der Waals surface area contributed by atoms with Gasteiger partial charge in [0.1, 0.15) is 43.4 Å². The van der Waals surface area contributed by atoms with Gasteiger partial charge in [-0.15, -0.1) is 46.4 Å². The Balaban J connectivity index is 0.000000330. The molecular weight excluding hydrogens is 917 g/mol. The van der Waals surface area contributed by atoms with Crippen LogP contribution in [0.4, 0.5) is 37.8 Å². The molecule has 1 aromatic heterocycles. The number of anilines is 2. The number of nitrogens with two attached hydrogens (primary N) is 1. The zero-order chi connectivity index (χ0) is 40.7. The Hall–Kier alpha value is -2.42. The van der Waals surface area contributed by atoms with Crippen molar-refractivity contribution >= 4 is 121 Å². The van der Waals surface area contributed by atoms with Crippen molar-refractivity contribution in [2.75, 3.05) is 11.2 Å². The average molecular weight is 941 g/mol. The number of halogens is 15. The number of hydrogen-bond donors (Lipinski definition) is 2. The number of benzene rings is 2. The van der Waals surface area contributed by atoms with E-state index < -0.39 is 43.0 Å². The number of nitrogens with one attached hydrogen (secondary N) is 1. The van der Waals surface area contributed by atoms with E-state index in [4.69, 9.17) is 121 Å². The molecule has 2 saturated carbocycles. The van der Waals surface area contributed by atoms with Gasteiger partial charge in [0.25, 0.3) is 0 Å². The molecule has 2 fully saturated rings. The fraction of sp³-hybridized carbons (Fsp3) is 0.387. The number of nitrogen functional groups attached to an aromatic ring is 1. The number of nitrogens with zero attached hydrogens (tertiary/aromatic N) is 6. The zero-order valence-electron chi connectivity index (χ0n) is 26.4. The lowest BCUT2D eigenvalue weighted by molar-refractivity contribution is -0.138. The number of nitriles is 3. The Labute approximate surface area is 350 Å². The molecule has 292 valence electrons. The summed E-state index contributed by atoms with van der Waals surface area (Å²) in [5.41, 5.74) is 5.08. The lowest BCUT2D eigenvalue weighted by Gasteiger charge is -2.13. The van der Waals surface area contributed by atoms with Crippen LogP contribution in [0.25, 0.3) is 5.69 Å². The Morgan fingerprint density at radius 2 is 1.26 bits per heavy atom. The largest absolute Gasteiger partial charge is 0.416 e. The first-order valence-corrected chi connectivity index (χ1v) is 17.4.